The third kappa shape index (κ3) is 4.85. The fourth-order valence-corrected chi connectivity index (χ4v) is 4.44. The average Bonchev–Trinajstić information content (AvgIpc) is 3.22. The summed E-state index contributed by atoms with van der Waals surface area (Å²) in [5.41, 5.74) is -0.928. The third-order valence-electron chi connectivity index (χ3n) is 4.30. The Morgan fingerprint density at radius 3 is 2.20 bits per heavy atom. The van der Waals surface area contributed by atoms with E-state index in [0.717, 1.165) is 24.3 Å². The Morgan fingerprint density at radius 1 is 1.03 bits per heavy atom. The molecule has 1 amide bonds. The van der Waals surface area contributed by atoms with E-state index in [1.165, 1.54) is 42.7 Å². The Kier molecular flexibility index (Phi) is 6.23. The lowest BCUT2D eigenvalue weighted by Crippen LogP contribution is -2.31. The Bertz CT molecular complexity index is 1110. The number of benzene rings is 2. The van der Waals surface area contributed by atoms with Crippen LogP contribution in [0.25, 0.3) is 0 Å². The van der Waals surface area contributed by atoms with Crippen molar-refractivity contribution in [2.24, 2.45) is 0 Å². The first-order valence-corrected chi connectivity index (χ1v) is 10.5. The second-order valence-electron chi connectivity index (χ2n) is 6.29. The zero-order chi connectivity index (χ0) is 21.9. The number of halogens is 4. The number of carbonyl (C=O) groups is 1. The summed E-state index contributed by atoms with van der Waals surface area (Å²) in [6.45, 7) is -0.349. The van der Waals surface area contributed by atoms with Gasteiger partial charge in [0.05, 0.1) is 16.7 Å². The lowest BCUT2D eigenvalue weighted by Gasteiger charge is -2.17. The molecule has 0 fully saturated rings. The standard InChI is InChI=1S/C20H15ClF3NO4S/c21-15-7-9-16(10-8-15)30(27,28)18(17-2-1-11-29-17)12-25-19(26)13-3-5-14(6-4-13)20(22,23)24/h1-11,18H,12H2,(H,25,26)/t18-/m0/s1. The molecule has 0 radical (unpaired) electrons. The number of sulfone groups is 1. The monoisotopic (exact) mass is 457 g/mol. The van der Waals surface area contributed by atoms with Crippen LogP contribution in [-0.2, 0) is 16.0 Å². The van der Waals surface area contributed by atoms with Crippen LogP contribution in [0.15, 0.2) is 76.2 Å². The topological polar surface area (TPSA) is 76.4 Å². The Balaban J connectivity index is 1.81. The van der Waals surface area contributed by atoms with Gasteiger partial charge in [-0.25, -0.2) is 8.42 Å². The zero-order valence-electron chi connectivity index (χ0n) is 15.2. The maximum Gasteiger partial charge on any atom is 0.416 e. The van der Waals surface area contributed by atoms with Crippen molar-refractivity contribution in [1.82, 2.24) is 5.32 Å². The molecule has 3 rings (SSSR count). The van der Waals surface area contributed by atoms with Crippen molar-refractivity contribution >= 4 is 27.3 Å². The van der Waals surface area contributed by atoms with Gasteiger partial charge in [0, 0.05) is 17.1 Å². The minimum absolute atomic E-state index is 0.0166. The first-order chi connectivity index (χ1) is 14.1. The molecule has 5 nitrogen and oxygen atoms in total. The summed E-state index contributed by atoms with van der Waals surface area (Å²) in [6, 6.07) is 12.1. The number of hydrogen-bond acceptors (Lipinski definition) is 4. The van der Waals surface area contributed by atoms with Gasteiger partial charge < -0.3 is 9.73 Å². The van der Waals surface area contributed by atoms with Gasteiger partial charge >= 0.3 is 6.18 Å². The molecule has 2 aromatic carbocycles. The first-order valence-electron chi connectivity index (χ1n) is 8.57. The molecule has 0 saturated carbocycles. The van der Waals surface area contributed by atoms with Crippen LogP contribution in [-0.4, -0.2) is 20.9 Å². The molecule has 0 aliphatic carbocycles. The molecule has 1 atom stereocenters. The van der Waals surface area contributed by atoms with E-state index in [4.69, 9.17) is 16.0 Å². The average molecular weight is 458 g/mol. The molecule has 0 aliphatic heterocycles. The molecule has 0 saturated heterocycles. The lowest BCUT2D eigenvalue weighted by atomic mass is 10.1. The van der Waals surface area contributed by atoms with Crippen LogP contribution in [0.2, 0.25) is 5.02 Å². The number of carbonyl (C=O) groups excluding carboxylic acids is 1. The van der Waals surface area contributed by atoms with Crippen molar-refractivity contribution < 1.29 is 30.8 Å². The van der Waals surface area contributed by atoms with Gasteiger partial charge in [0.1, 0.15) is 11.0 Å². The molecule has 0 aliphatic rings. The van der Waals surface area contributed by atoms with Gasteiger partial charge in [0.25, 0.3) is 5.91 Å². The highest BCUT2D eigenvalue weighted by molar-refractivity contribution is 7.91. The van der Waals surface area contributed by atoms with E-state index in [-0.39, 0.29) is 22.8 Å². The van der Waals surface area contributed by atoms with Crippen molar-refractivity contribution in [2.45, 2.75) is 16.3 Å². The molecule has 0 bridgehead atoms. The smallest absolute Gasteiger partial charge is 0.416 e. The van der Waals surface area contributed by atoms with Gasteiger partial charge in [-0.2, -0.15) is 13.2 Å². The van der Waals surface area contributed by atoms with Gasteiger partial charge in [-0.05, 0) is 60.7 Å². The van der Waals surface area contributed by atoms with E-state index >= 15 is 0 Å². The number of amides is 1. The van der Waals surface area contributed by atoms with E-state index in [1.54, 1.807) is 0 Å². The second-order valence-corrected chi connectivity index (χ2v) is 8.86. The van der Waals surface area contributed by atoms with Crippen LogP contribution in [0.5, 0.6) is 0 Å². The molecule has 0 unspecified atom stereocenters. The molecule has 1 heterocycles. The summed E-state index contributed by atoms with van der Waals surface area (Å²) >= 11 is 5.81. The summed E-state index contributed by atoms with van der Waals surface area (Å²) in [6.07, 6.45) is -3.22. The maximum absolute atomic E-state index is 13.1. The van der Waals surface area contributed by atoms with Crippen LogP contribution in [0, 0.1) is 0 Å². The van der Waals surface area contributed by atoms with Crippen molar-refractivity contribution in [2.75, 3.05) is 6.54 Å². The van der Waals surface area contributed by atoms with Crippen molar-refractivity contribution in [3.05, 3.63) is 88.8 Å². The SMILES string of the molecule is O=C(NC[C@@H](c1ccco1)S(=O)(=O)c1ccc(Cl)cc1)c1ccc(C(F)(F)F)cc1. The van der Waals surface area contributed by atoms with Crippen molar-refractivity contribution in [3.63, 3.8) is 0 Å². The zero-order valence-corrected chi connectivity index (χ0v) is 16.8. The summed E-state index contributed by atoms with van der Waals surface area (Å²) in [5.74, 6) is -0.607. The van der Waals surface area contributed by atoms with Gasteiger partial charge in [-0.1, -0.05) is 11.6 Å². The minimum Gasteiger partial charge on any atom is -0.468 e. The predicted molar refractivity (Wildman–Crippen MR) is 104 cm³/mol. The quantitative estimate of drug-likeness (QED) is 0.571. The highest BCUT2D eigenvalue weighted by atomic mass is 35.5. The normalized spacial score (nSPS) is 13.1. The number of hydrogen-bond donors (Lipinski definition) is 1. The number of rotatable bonds is 6. The number of furan rings is 1. The molecule has 10 heteroatoms. The largest absolute Gasteiger partial charge is 0.468 e. The van der Waals surface area contributed by atoms with Crippen LogP contribution in [0.4, 0.5) is 13.2 Å². The van der Waals surface area contributed by atoms with Gasteiger partial charge in [-0.3, -0.25) is 4.79 Å². The van der Waals surface area contributed by atoms with Gasteiger partial charge in [0.15, 0.2) is 9.84 Å². The van der Waals surface area contributed by atoms with E-state index in [1.807, 2.05) is 0 Å². The molecule has 158 valence electrons. The van der Waals surface area contributed by atoms with Crippen molar-refractivity contribution in [1.29, 1.82) is 0 Å². The highest BCUT2D eigenvalue weighted by Crippen LogP contribution is 2.30. The predicted octanol–water partition coefficient (Wildman–Crippen LogP) is 4.90. The molecule has 30 heavy (non-hydrogen) atoms. The summed E-state index contributed by atoms with van der Waals surface area (Å²) in [5, 5.41) is 1.56. The fraction of sp³-hybridized carbons (Fsp3) is 0.150. The summed E-state index contributed by atoms with van der Waals surface area (Å²) in [4.78, 5) is 12.3. The minimum atomic E-state index is -4.52. The molecular formula is C20H15ClF3NO4S. The molecule has 1 N–H and O–H groups in total. The number of nitrogens with one attached hydrogen (secondary N) is 1. The van der Waals surface area contributed by atoms with Gasteiger partial charge in [-0.15, -0.1) is 0 Å². The fourth-order valence-electron chi connectivity index (χ4n) is 2.72. The lowest BCUT2D eigenvalue weighted by molar-refractivity contribution is -0.137. The van der Waals surface area contributed by atoms with E-state index < -0.39 is 32.7 Å². The van der Waals surface area contributed by atoms with Gasteiger partial charge in [0.2, 0.25) is 0 Å². The van der Waals surface area contributed by atoms with E-state index in [0.29, 0.717) is 5.02 Å². The Labute approximate surface area is 175 Å². The first kappa shape index (κ1) is 21.9. The van der Waals surface area contributed by atoms with Crippen LogP contribution < -0.4 is 5.32 Å². The maximum atomic E-state index is 13.1. The van der Waals surface area contributed by atoms with E-state index in [2.05, 4.69) is 5.32 Å². The number of alkyl halides is 3. The Hall–Kier alpha value is -2.78. The summed E-state index contributed by atoms with van der Waals surface area (Å²) < 4.78 is 69.4. The van der Waals surface area contributed by atoms with Crippen LogP contribution in [0.3, 0.4) is 0 Å². The third-order valence-corrected chi connectivity index (χ3v) is 6.63. The highest BCUT2D eigenvalue weighted by Gasteiger charge is 2.32. The van der Waals surface area contributed by atoms with Crippen molar-refractivity contribution in [3.8, 4) is 0 Å². The van der Waals surface area contributed by atoms with Crippen LogP contribution >= 0.6 is 11.6 Å². The molecular weight excluding hydrogens is 443 g/mol. The summed E-state index contributed by atoms with van der Waals surface area (Å²) in [7, 11) is -3.96. The van der Waals surface area contributed by atoms with E-state index in [9.17, 15) is 26.4 Å². The molecule has 0 spiro atoms. The molecule has 3 aromatic rings. The molecule has 1 aromatic heterocycles. The Morgan fingerprint density at radius 2 is 1.67 bits per heavy atom. The van der Waals surface area contributed by atoms with Crippen LogP contribution in [0.1, 0.15) is 26.9 Å². The second kappa shape index (κ2) is 8.53.